The van der Waals surface area contributed by atoms with Gasteiger partial charge in [0.05, 0.1) is 12.0 Å². The van der Waals surface area contributed by atoms with Gasteiger partial charge in [0.15, 0.2) is 0 Å². The lowest BCUT2D eigenvalue weighted by Crippen LogP contribution is -2.04. The number of benzene rings is 1. The third-order valence-corrected chi connectivity index (χ3v) is 1.88. The number of nitrogens with zero attached hydrogens (tertiary/aromatic N) is 1. The zero-order valence-electron chi connectivity index (χ0n) is 7.90. The first-order valence-electron chi connectivity index (χ1n) is 3.94. The quantitative estimate of drug-likeness (QED) is 0.338. The highest BCUT2D eigenvalue weighted by atomic mass is 16.6. The average molecular weight is 194 g/mol. The van der Waals surface area contributed by atoms with Gasteiger partial charge in [0, 0.05) is 17.7 Å². The van der Waals surface area contributed by atoms with Crippen LogP contribution in [-0.4, -0.2) is 17.9 Å². The second-order valence-corrected chi connectivity index (χ2v) is 2.79. The molecule has 1 aromatic rings. The van der Waals surface area contributed by atoms with E-state index in [0.29, 0.717) is 5.56 Å². The van der Waals surface area contributed by atoms with Gasteiger partial charge in [0.1, 0.15) is 0 Å². The van der Waals surface area contributed by atoms with E-state index in [1.54, 1.807) is 13.0 Å². The molecule has 0 bridgehead atoms. The van der Waals surface area contributed by atoms with E-state index in [9.17, 15) is 10.1 Å². The Bertz CT molecular complexity index is 388. The molecule has 1 N–H and O–H groups in total. The minimum Gasteiger partial charge on any atom is -0.481 e. The molecule has 0 spiro atoms. The Morgan fingerprint density at radius 1 is 1.57 bits per heavy atom. The Kier molecular flexibility index (Phi) is 2.81. The van der Waals surface area contributed by atoms with Gasteiger partial charge < -0.3 is 4.74 Å². The first-order chi connectivity index (χ1) is 6.56. The summed E-state index contributed by atoms with van der Waals surface area (Å²) in [5.41, 5.74) is 1.19. The summed E-state index contributed by atoms with van der Waals surface area (Å²) in [6.07, 6.45) is 0. The van der Waals surface area contributed by atoms with Crippen LogP contribution in [0.3, 0.4) is 0 Å². The maximum Gasteiger partial charge on any atom is 0.270 e. The largest absolute Gasteiger partial charge is 0.481 e. The molecular weight excluding hydrogens is 184 g/mol. The molecule has 1 rings (SSSR count). The van der Waals surface area contributed by atoms with E-state index in [0.717, 1.165) is 5.56 Å². The first kappa shape index (κ1) is 10.2. The zero-order chi connectivity index (χ0) is 10.7. The summed E-state index contributed by atoms with van der Waals surface area (Å²) in [5.74, 6) is -0.0637. The summed E-state index contributed by atoms with van der Waals surface area (Å²) in [4.78, 5) is 9.98. The van der Waals surface area contributed by atoms with Crippen molar-refractivity contribution >= 4 is 11.6 Å². The minimum absolute atomic E-state index is 0.0348. The number of nitro benzene ring substituents is 1. The molecule has 0 atom stereocenters. The third-order valence-electron chi connectivity index (χ3n) is 1.88. The SMILES string of the molecule is COC(=N)c1cc([N+](=O)[O-])ccc1C. The van der Waals surface area contributed by atoms with Crippen LogP contribution in [0.5, 0.6) is 0 Å². The molecule has 5 heteroatoms. The van der Waals surface area contributed by atoms with E-state index < -0.39 is 4.92 Å². The Hall–Kier alpha value is -1.91. The molecule has 0 heterocycles. The molecule has 14 heavy (non-hydrogen) atoms. The van der Waals surface area contributed by atoms with Gasteiger partial charge in [-0.1, -0.05) is 6.07 Å². The highest BCUT2D eigenvalue weighted by Crippen LogP contribution is 2.17. The summed E-state index contributed by atoms with van der Waals surface area (Å²) in [6, 6.07) is 4.34. The summed E-state index contributed by atoms with van der Waals surface area (Å²) in [7, 11) is 1.36. The van der Waals surface area contributed by atoms with Crippen LogP contribution in [0, 0.1) is 22.4 Å². The van der Waals surface area contributed by atoms with E-state index in [1.807, 2.05) is 0 Å². The van der Waals surface area contributed by atoms with Gasteiger partial charge in [-0.2, -0.15) is 0 Å². The highest BCUT2D eigenvalue weighted by Gasteiger charge is 2.11. The monoisotopic (exact) mass is 194 g/mol. The van der Waals surface area contributed by atoms with E-state index in [1.165, 1.54) is 19.2 Å². The Balaban J connectivity index is 3.21. The number of hydrogen-bond donors (Lipinski definition) is 1. The van der Waals surface area contributed by atoms with Crippen LogP contribution in [0.1, 0.15) is 11.1 Å². The van der Waals surface area contributed by atoms with Crippen LogP contribution in [-0.2, 0) is 4.74 Å². The number of methoxy groups -OCH3 is 1. The summed E-state index contributed by atoms with van der Waals surface area (Å²) in [6.45, 7) is 1.77. The van der Waals surface area contributed by atoms with Crippen LogP contribution in [0.25, 0.3) is 0 Å². The molecule has 0 aliphatic carbocycles. The van der Waals surface area contributed by atoms with E-state index in [-0.39, 0.29) is 11.6 Å². The maximum absolute atomic E-state index is 10.5. The minimum atomic E-state index is -0.494. The van der Waals surface area contributed by atoms with Crippen molar-refractivity contribution in [3.63, 3.8) is 0 Å². The number of hydrogen-bond acceptors (Lipinski definition) is 4. The van der Waals surface area contributed by atoms with Gasteiger partial charge in [-0.05, 0) is 12.5 Å². The Morgan fingerprint density at radius 3 is 2.71 bits per heavy atom. The van der Waals surface area contributed by atoms with Gasteiger partial charge in [-0.3, -0.25) is 15.5 Å². The second kappa shape index (κ2) is 3.87. The fourth-order valence-electron chi connectivity index (χ4n) is 1.08. The van der Waals surface area contributed by atoms with Gasteiger partial charge in [-0.15, -0.1) is 0 Å². The van der Waals surface area contributed by atoms with Gasteiger partial charge in [-0.25, -0.2) is 0 Å². The van der Waals surface area contributed by atoms with Crippen LogP contribution in [0.15, 0.2) is 18.2 Å². The molecular formula is C9H10N2O3. The summed E-state index contributed by atoms with van der Waals surface area (Å²) >= 11 is 0. The van der Waals surface area contributed by atoms with Crippen molar-refractivity contribution in [1.29, 1.82) is 5.41 Å². The van der Waals surface area contributed by atoms with Crippen molar-refractivity contribution in [3.05, 3.63) is 39.4 Å². The van der Waals surface area contributed by atoms with Crippen molar-refractivity contribution in [2.24, 2.45) is 0 Å². The molecule has 74 valence electrons. The molecule has 0 aliphatic heterocycles. The molecule has 0 aliphatic rings. The Labute approximate surface area is 81.0 Å². The average Bonchev–Trinajstić information content (AvgIpc) is 2.17. The number of ether oxygens (including phenoxy) is 1. The smallest absolute Gasteiger partial charge is 0.270 e. The van der Waals surface area contributed by atoms with E-state index >= 15 is 0 Å². The topological polar surface area (TPSA) is 76.2 Å². The summed E-state index contributed by atoms with van der Waals surface area (Å²) in [5, 5.41) is 17.9. The standard InChI is InChI=1S/C9H10N2O3/c1-6-3-4-7(11(12)13)5-8(6)9(10)14-2/h3-5,10H,1-2H3. The summed E-state index contributed by atoms with van der Waals surface area (Å²) < 4.78 is 4.71. The lowest BCUT2D eigenvalue weighted by molar-refractivity contribution is -0.384. The van der Waals surface area contributed by atoms with Crippen molar-refractivity contribution in [3.8, 4) is 0 Å². The fourth-order valence-corrected chi connectivity index (χ4v) is 1.08. The number of nitrogens with one attached hydrogen (secondary N) is 1. The van der Waals surface area contributed by atoms with Crippen molar-refractivity contribution in [2.75, 3.05) is 7.11 Å². The van der Waals surface area contributed by atoms with Crippen molar-refractivity contribution in [1.82, 2.24) is 0 Å². The maximum atomic E-state index is 10.5. The predicted molar refractivity (Wildman–Crippen MR) is 51.7 cm³/mol. The lowest BCUT2D eigenvalue weighted by Gasteiger charge is -2.05. The predicted octanol–water partition coefficient (Wildman–Crippen LogP) is 1.87. The first-order valence-corrected chi connectivity index (χ1v) is 3.94. The molecule has 0 saturated carbocycles. The molecule has 0 amide bonds. The van der Waals surface area contributed by atoms with Crippen LogP contribution in [0.4, 0.5) is 5.69 Å². The van der Waals surface area contributed by atoms with E-state index in [2.05, 4.69) is 0 Å². The highest BCUT2D eigenvalue weighted by molar-refractivity contribution is 5.93. The van der Waals surface area contributed by atoms with Crippen molar-refractivity contribution in [2.45, 2.75) is 6.92 Å². The van der Waals surface area contributed by atoms with E-state index in [4.69, 9.17) is 10.1 Å². The third kappa shape index (κ3) is 1.87. The second-order valence-electron chi connectivity index (χ2n) is 2.79. The van der Waals surface area contributed by atoms with Gasteiger partial charge in [0.2, 0.25) is 5.90 Å². The van der Waals surface area contributed by atoms with Crippen molar-refractivity contribution < 1.29 is 9.66 Å². The van der Waals surface area contributed by atoms with Gasteiger partial charge >= 0.3 is 0 Å². The molecule has 0 fully saturated rings. The van der Waals surface area contributed by atoms with Crippen LogP contribution >= 0.6 is 0 Å². The Morgan fingerprint density at radius 2 is 2.21 bits per heavy atom. The molecule has 0 unspecified atom stereocenters. The number of nitro groups is 1. The molecule has 0 aromatic heterocycles. The number of rotatable bonds is 2. The molecule has 1 aromatic carbocycles. The molecule has 5 nitrogen and oxygen atoms in total. The van der Waals surface area contributed by atoms with Crippen LogP contribution < -0.4 is 0 Å². The van der Waals surface area contributed by atoms with Gasteiger partial charge in [0.25, 0.3) is 5.69 Å². The molecule has 0 saturated heterocycles. The van der Waals surface area contributed by atoms with Crippen LogP contribution in [0.2, 0.25) is 0 Å². The lowest BCUT2D eigenvalue weighted by atomic mass is 10.1. The normalized spacial score (nSPS) is 9.57. The zero-order valence-corrected chi connectivity index (χ0v) is 7.90. The number of aryl methyl sites for hydroxylation is 1. The molecule has 0 radical (unpaired) electrons. The number of non-ortho nitro benzene ring substituents is 1. The fraction of sp³-hybridized carbons (Fsp3) is 0.222.